The van der Waals surface area contributed by atoms with Crippen molar-refractivity contribution < 1.29 is 28.6 Å². The molecule has 468 valence electrons. The third kappa shape index (κ3) is 66.6. The van der Waals surface area contributed by atoms with E-state index in [2.05, 4.69) is 130 Å². The van der Waals surface area contributed by atoms with E-state index >= 15 is 0 Å². The molecule has 0 amide bonds. The summed E-state index contributed by atoms with van der Waals surface area (Å²) in [6, 6.07) is 0. The molecule has 0 saturated carbocycles. The highest BCUT2D eigenvalue weighted by Gasteiger charge is 2.19. The van der Waals surface area contributed by atoms with Gasteiger partial charge in [0.05, 0.1) is 6.42 Å². The zero-order chi connectivity index (χ0) is 59.2. The Kier molecular flexibility index (Phi) is 65.8. The minimum Gasteiger partial charge on any atom is -0.462 e. The SMILES string of the molecule is CC/C=C\C/C=C\C/C=C\C/C=C\C/C=C\CCCCCC(=O)OC(COC(=O)C/C=C\C/C=C\C/C=C\C/C=C\C/C=C\CC)COC(=O)CCCCCCCCCCCCCCCCCCCCCCCCCCCCCCCC. The first kappa shape index (κ1) is 77.8. The van der Waals surface area contributed by atoms with Gasteiger partial charge in [-0.25, -0.2) is 0 Å². The summed E-state index contributed by atoms with van der Waals surface area (Å²) in [6.45, 7) is 6.33. The first-order valence-electron chi connectivity index (χ1n) is 34.5. The van der Waals surface area contributed by atoms with Crippen molar-refractivity contribution in [1.82, 2.24) is 0 Å². The van der Waals surface area contributed by atoms with Gasteiger partial charge in [0.25, 0.3) is 0 Å². The molecule has 0 aliphatic heterocycles. The third-order valence-corrected chi connectivity index (χ3v) is 14.7. The molecule has 0 radical (unpaired) electrons. The highest BCUT2D eigenvalue weighted by Crippen LogP contribution is 2.18. The van der Waals surface area contributed by atoms with Crippen molar-refractivity contribution in [3.05, 3.63) is 122 Å². The van der Waals surface area contributed by atoms with Gasteiger partial charge < -0.3 is 14.2 Å². The average Bonchev–Trinajstić information content (AvgIpc) is 3.47. The molecule has 6 heteroatoms. The van der Waals surface area contributed by atoms with Crippen molar-refractivity contribution >= 4 is 17.9 Å². The van der Waals surface area contributed by atoms with Gasteiger partial charge in [0.2, 0.25) is 0 Å². The maximum absolute atomic E-state index is 12.9. The molecule has 0 aromatic rings. The van der Waals surface area contributed by atoms with E-state index in [1.165, 1.54) is 173 Å². The van der Waals surface area contributed by atoms with Crippen LogP contribution in [0.25, 0.3) is 0 Å². The molecule has 82 heavy (non-hydrogen) atoms. The molecule has 0 aromatic heterocycles. The topological polar surface area (TPSA) is 78.9 Å². The molecular weight excluding hydrogens is 1010 g/mol. The van der Waals surface area contributed by atoms with Gasteiger partial charge >= 0.3 is 17.9 Å². The van der Waals surface area contributed by atoms with Crippen LogP contribution in [-0.2, 0) is 28.6 Å². The van der Waals surface area contributed by atoms with E-state index in [9.17, 15) is 14.4 Å². The van der Waals surface area contributed by atoms with Gasteiger partial charge in [0, 0.05) is 12.8 Å². The second-order valence-corrected chi connectivity index (χ2v) is 22.7. The molecule has 0 saturated heterocycles. The molecule has 0 spiro atoms. The Morgan fingerprint density at radius 1 is 0.268 bits per heavy atom. The van der Waals surface area contributed by atoms with E-state index in [4.69, 9.17) is 14.2 Å². The molecule has 1 atom stereocenters. The molecule has 0 rings (SSSR count). The van der Waals surface area contributed by atoms with Gasteiger partial charge in [-0.2, -0.15) is 0 Å². The molecule has 0 fully saturated rings. The normalized spacial score (nSPS) is 12.9. The van der Waals surface area contributed by atoms with Crippen molar-refractivity contribution in [2.45, 2.75) is 329 Å². The summed E-state index contributed by atoms with van der Waals surface area (Å²) >= 11 is 0. The summed E-state index contributed by atoms with van der Waals surface area (Å²) in [6.07, 6.45) is 97.0. The van der Waals surface area contributed by atoms with E-state index in [0.29, 0.717) is 12.8 Å². The van der Waals surface area contributed by atoms with Crippen molar-refractivity contribution in [2.24, 2.45) is 0 Å². The minimum atomic E-state index is -0.839. The standard InChI is InChI=1S/C76H128O6/c1-4-7-10-13-16-19-22-25-28-30-32-33-34-35-36-37-38-39-40-41-42-44-45-48-51-54-57-60-63-66-69-75(78)81-72-73(71-80-74(77)68-65-62-59-56-53-50-47-27-24-21-18-15-12-9-6-3)82-76(79)70-67-64-61-58-55-52-49-46-43-31-29-26-23-20-17-14-11-8-5-2/h8-9,11-12,17-18,20-21,26-27,29,43,46-47,52-53,55-56,62,65,73H,4-7,10,13-16,19,22-25,28,30-42,44-45,48-51,54,57-61,63-64,66-72H2,1-3H3/b11-8-,12-9-,20-17-,21-18-,29-26-,46-43-,47-27-,55-52-,56-53-,65-62-. The number of unbranched alkanes of at least 4 members (excludes halogenated alkanes) is 32. The van der Waals surface area contributed by atoms with E-state index in [1.807, 2.05) is 6.08 Å². The quantitative estimate of drug-likeness (QED) is 0.0261. The Morgan fingerprint density at radius 3 is 0.854 bits per heavy atom. The minimum absolute atomic E-state index is 0.117. The highest BCUT2D eigenvalue weighted by molar-refractivity contribution is 5.72. The average molecular weight is 1140 g/mol. The Morgan fingerprint density at radius 2 is 0.524 bits per heavy atom. The van der Waals surface area contributed by atoms with Crippen LogP contribution in [0, 0.1) is 0 Å². The van der Waals surface area contributed by atoms with Gasteiger partial charge in [-0.15, -0.1) is 0 Å². The van der Waals surface area contributed by atoms with Gasteiger partial charge in [0.15, 0.2) is 6.10 Å². The van der Waals surface area contributed by atoms with E-state index in [0.717, 1.165) is 103 Å². The molecule has 1 unspecified atom stereocenters. The predicted molar refractivity (Wildman–Crippen MR) is 357 cm³/mol. The van der Waals surface area contributed by atoms with Crippen LogP contribution in [0.3, 0.4) is 0 Å². The molecule has 0 heterocycles. The lowest BCUT2D eigenvalue weighted by atomic mass is 10.0. The smallest absolute Gasteiger partial charge is 0.309 e. The molecule has 0 aliphatic rings. The Labute approximate surface area is 507 Å². The number of hydrogen-bond acceptors (Lipinski definition) is 6. The van der Waals surface area contributed by atoms with Crippen LogP contribution in [0.15, 0.2) is 122 Å². The number of rotatable bonds is 62. The molecular formula is C76H128O6. The first-order valence-corrected chi connectivity index (χ1v) is 34.5. The van der Waals surface area contributed by atoms with Crippen molar-refractivity contribution in [3.8, 4) is 0 Å². The first-order chi connectivity index (χ1) is 40.5. The molecule has 6 nitrogen and oxygen atoms in total. The van der Waals surface area contributed by atoms with Crippen molar-refractivity contribution in [3.63, 3.8) is 0 Å². The maximum atomic E-state index is 12.9. The number of ether oxygens (including phenoxy) is 3. The fraction of sp³-hybridized carbons (Fsp3) is 0.697. The summed E-state index contributed by atoms with van der Waals surface area (Å²) in [5, 5.41) is 0. The predicted octanol–water partition coefficient (Wildman–Crippen LogP) is 23.9. The summed E-state index contributed by atoms with van der Waals surface area (Å²) in [7, 11) is 0. The van der Waals surface area contributed by atoms with Gasteiger partial charge in [0.1, 0.15) is 13.2 Å². The molecule has 0 aliphatic carbocycles. The van der Waals surface area contributed by atoms with E-state index in [-0.39, 0.29) is 38.0 Å². The van der Waals surface area contributed by atoms with Gasteiger partial charge in [-0.1, -0.05) is 335 Å². The van der Waals surface area contributed by atoms with Crippen LogP contribution >= 0.6 is 0 Å². The summed E-state index contributed by atoms with van der Waals surface area (Å²) in [5.41, 5.74) is 0. The Balaban J connectivity index is 4.33. The lowest BCUT2D eigenvalue weighted by molar-refractivity contribution is -0.166. The number of hydrogen-bond donors (Lipinski definition) is 0. The summed E-state index contributed by atoms with van der Waals surface area (Å²) in [4.78, 5) is 38.3. The van der Waals surface area contributed by atoms with E-state index in [1.54, 1.807) is 6.08 Å². The highest BCUT2D eigenvalue weighted by atomic mass is 16.6. The Bertz CT molecular complexity index is 1690. The van der Waals surface area contributed by atoms with Gasteiger partial charge in [-0.3, -0.25) is 14.4 Å². The lowest BCUT2D eigenvalue weighted by Gasteiger charge is -2.18. The molecule has 0 aromatic carbocycles. The second-order valence-electron chi connectivity index (χ2n) is 22.7. The molecule has 0 bridgehead atoms. The van der Waals surface area contributed by atoms with E-state index < -0.39 is 12.1 Å². The number of allylic oxidation sites excluding steroid dienone is 19. The number of carbonyl (C=O) groups is 3. The van der Waals surface area contributed by atoms with Crippen LogP contribution in [0.2, 0.25) is 0 Å². The summed E-state index contributed by atoms with van der Waals surface area (Å²) < 4.78 is 16.8. The van der Waals surface area contributed by atoms with Crippen LogP contribution < -0.4 is 0 Å². The fourth-order valence-electron chi connectivity index (χ4n) is 9.66. The van der Waals surface area contributed by atoms with Crippen molar-refractivity contribution in [2.75, 3.05) is 13.2 Å². The largest absolute Gasteiger partial charge is 0.462 e. The zero-order valence-electron chi connectivity index (χ0n) is 53.7. The summed E-state index contributed by atoms with van der Waals surface area (Å²) in [5.74, 6) is -1.08. The fourth-order valence-corrected chi connectivity index (χ4v) is 9.66. The van der Waals surface area contributed by atoms with Crippen molar-refractivity contribution in [1.29, 1.82) is 0 Å². The Hall–Kier alpha value is -4.19. The number of esters is 3. The third-order valence-electron chi connectivity index (χ3n) is 14.7. The van der Waals surface area contributed by atoms with Crippen LogP contribution in [0.5, 0.6) is 0 Å². The maximum Gasteiger partial charge on any atom is 0.309 e. The van der Waals surface area contributed by atoms with Crippen LogP contribution in [-0.4, -0.2) is 37.2 Å². The van der Waals surface area contributed by atoms with Gasteiger partial charge in [-0.05, 0) is 89.9 Å². The number of carbonyl (C=O) groups excluding carboxylic acids is 3. The second kappa shape index (κ2) is 69.3. The lowest BCUT2D eigenvalue weighted by Crippen LogP contribution is -2.30. The van der Waals surface area contributed by atoms with Crippen LogP contribution in [0.1, 0.15) is 323 Å². The zero-order valence-corrected chi connectivity index (χ0v) is 53.7. The molecule has 0 N–H and O–H groups in total. The van der Waals surface area contributed by atoms with Crippen LogP contribution in [0.4, 0.5) is 0 Å². The monoisotopic (exact) mass is 1140 g/mol.